The van der Waals surface area contributed by atoms with Gasteiger partial charge in [0.1, 0.15) is 19.3 Å². The van der Waals surface area contributed by atoms with Gasteiger partial charge in [0.2, 0.25) is 15.9 Å². The van der Waals surface area contributed by atoms with Crippen molar-refractivity contribution < 1.29 is 22.7 Å². The number of sulfonamides is 1. The molecule has 7 nitrogen and oxygen atoms in total. The van der Waals surface area contributed by atoms with Crippen molar-refractivity contribution >= 4 is 21.6 Å². The minimum atomic E-state index is -3.69. The molecule has 2 rings (SSSR count). The van der Waals surface area contributed by atoms with Crippen molar-refractivity contribution in [3.05, 3.63) is 18.2 Å². The topological polar surface area (TPSA) is 84.9 Å². The Morgan fingerprint density at radius 2 is 1.59 bits per heavy atom. The molecule has 0 spiro atoms. The van der Waals surface area contributed by atoms with Gasteiger partial charge in [0.25, 0.3) is 0 Å². The summed E-state index contributed by atoms with van der Waals surface area (Å²) in [5, 5.41) is 3.00. The van der Waals surface area contributed by atoms with Gasteiger partial charge in [-0.1, -0.05) is 27.7 Å². The number of hydrogen-bond donors (Lipinski definition) is 1. The van der Waals surface area contributed by atoms with E-state index in [-0.39, 0.29) is 23.8 Å². The number of nitrogens with zero attached hydrogens (tertiary/aromatic N) is 1. The van der Waals surface area contributed by atoms with Crippen molar-refractivity contribution in [1.29, 1.82) is 0 Å². The summed E-state index contributed by atoms with van der Waals surface area (Å²) in [6, 6.07) is 3.95. The molecule has 0 aromatic heterocycles. The summed E-state index contributed by atoms with van der Waals surface area (Å²) in [4.78, 5) is 12.8. The summed E-state index contributed by atoms with van der Waals surface area (Å²) >= 11 is 0. The Kier molecular flexibility index (Phi) is 6.62. The highest BCUT2D eigenvalue weighted by atomic mass is 32.2. The summed E-state index contributed by atoms with van der Waals surface area (Å²) in [5.74, 6) is 1.18. The molecule has 1 aliphatic rings. The van der Waals surface area contributed by atoms with Crippen LogP contribution in [0.5, 0.6) is 11.5 Å². The number of ether oxygens (including phenoxy) is 2. The fourth-order valence-electron chi connectivity index (χ4n) is 3.37. The summed E-state index contributed by atoms with van der Waals surface area (Å²) in [5.41, 5.74) is 0.370. The third-order valence-electron chi connectivity index (χ3n) is 4.61. The number of carbonyl (C=O) groups is 1. The van der Waals surface area contributed by atoms with Gasteiger partial charge in [0.05, 0.1) is 11.9 Å². The second kappa shape index (κ2) is 8.37. The first-order valence-corrected chi connectivity index (χ1v) is 11.1. The molecule has 0 radical (unpaired) electrons. The van der Waals surface area contributed by atoms with Crippen LogP contribution in [-0.2, 0) is 14.8 Å². The van der Waals surface area contributed by atoms with Crippen LogP contribution < -0.4 is 19.1 Å². The monoisotopic (exact) mass is 398 g/mol. The van der Waals surface area contributed by atoms with E-state index in [2.05, 4.69) is 5.32 Å². The van der Waals surface area contributed by atoms with Gasteiger partial charge in [-0.2, -0.15) is 0 Å². The lowest BCUT2D eigenvalue weighted by Crippen LogP contribution is -2.52. The minimum absolute atomic E-state index is 0.0402. The van der Waals surface area contributed by atoms with E-state index in [4.69, 9.17) is 9.47 Å². The molecular weight excluding hydrogens is 368 g/mol. The van der Waals surface area contributed by atoms with E-state index >= 15 is 0 Å². The zero-order valence-corrected chi connectivity index (χ0v) is 17.7. The van der Waals surface area contributed by atoms with Crippen LogP contribution in [0.3, 0.4) is 0 Å². The Morgan fingerprint density at radius 3 is 2.11 bits per heavy atom. The predicted molar refractivity (Wildman–Crippen MR) is 106 cm³/mol. The van der Waals surface area contributed by atoms with Crippen molar-refractivity contribution in [1.82, 2.24) is 5.32 Å². The average molecular weight is 399 g/mol. The molecule has 0 fully saturated rings. The largest absolute Gasteiger partial charge is 0.486 e. The Balaban J connectivity index is 2.32. The molecule has 1 aliphatic heterocycles. The van der Waals surface area contributed by atoms with E-state index in [0.717, 1.165) is 10.6 Å². The van der Waals surface area contributed by atoms with E-state index in [9.17, 15) is 13.2 Å². The SMILES string of the molecule is CC(C)C(NC(=O)[C@H](C)N(c1ccc2c(c1)OCCO2)S(C)(=O)=O)C(C)C. The van der Waals surface area contributed by atoms with Gasteiger partial charge in [-0.25, -0.2) is 8.42 Å². The van der Waals surface area contributed by atoms with E-state index in [1.165, 1.54) is 0 Å². The zero-order chi connectivity index (χ0) is 20.4. The maximum absolute atomic E-state index is 12.8. The molecule has 1 N–H and O–H groups in total. The molecule has 0 saturated heterocycles. The van der Waals surface area contributed by atoms with Crippen LogP contribution in [-0.4, -0.2) is 45.9 Å². The van der Waals surface area contributed by atoms with Gasteiger partial charge < -0.3 is 14.8 Å². The summed E-state index contributed by atoms with van der Waals surface area (Å²) in [7, 11) is -3.69. The molecule has 0 saturated carbocycles. The molecule has 0 unspecified atom stereocenters. The molecule has 1 heterocycles. The van der Waals surface area contributed by atoms with Crippen LogP contribution in [0.4, 0.5) is 5.69 Å². The van der Waals surface area contributed by atoms with Crippen LogP contribution in [0.2, 0.25) is 0 Å². The van der Waals surface area contributed by atoms with Gasteiger partial charge in [-0.05, 0) is 30.9 Å². The number of anilines is 1. The van der Waals surface area contributed by atoms with Crippen molar-refractivity contribution in [2.24, 2.45) is 11.8 Å². The van der Waals surface area contributed by atoms with E-state index in [0.29, 0.717) is 30.4 Å². The van der Waals surface area contributed by atoms with Gasteiger partial charge in [0.15, 0.2) is 11.5 Å². The molecule has 1 amide bonds. The first kappa shape index (κ1) is 21.3. The number of hydrogen-bond acceptors (Lipinski definition) is 5. The lowest BCUT2D eigenvalue weighted by atomic mass is 9.93. The Bertz CT molecular complexity index is 768. The molecule has 1 aromatic carbocycles. The normalized spacial score (nSPS) is 15.1. The second-order valence-corrected chi connectivity index (χ2v) is 9.44. The maximum atomic E-state index is 12.8. The quantitative estimate of drug-likeness (QED) is 0.762. The number of benzene rings is 1. The molecule has 0 bridgehead atoms. The summed E-state index contributed by atoms with van der Waals surface area (Å²) in [6.45, 7) is 10.6. The number of carbonyl (C=O) groups excluding carboxylic acids is 1. The number of rotatable bonds is 7. The van der Waals surface area contributed by atoms with Crippen LogP contribution in [0.25, 0.3) is 0 Å². The molecule has 152 valence electrons. The molecule has 27 heavy (non-hydrogen) atoms. The molecule has 0 aliphatic carbocycles. The van der Waals surface area contributed by atoms with E-state index < -0.39 is 16.1 Å². The van der Waals surface area contributed by atoms with Crippen molar-refractivity contribution in [3.8, 4) is 11.5 Å². The molecule has 1 atom stereocenters. The third-order valence-corrected chi connectivity index (χ3v) is 5.86. The number of amides is 1. The Labute approximate surface area is 162 Å². The number of nitrogens with one attached hydrogen (secondary N) is 1. The zero-order valence-electron chi connectivity index (χ0n) is 16.9. The van der Waals surface area contributed by atoms with Crippen molar-refractivity contribution in [2.45, 2.75) is 46.7 Å². The van der Waals surface area contributed by atoms with Crippen LogP contribution in [0.15, 0.2) is 18.2 Å². The first-order valence-electron chi connectivity index (χ1n) is 9.21. The lowest BCUT2D eigenvalue weighted by Gasteiger charge is -2.32. The van der Waals surface area contributed by atoms with E-state index in [1.54, 1.807) is 25.1 Å². The second-order valence-electron chi connectivity index (χ2n) is 7.59. The van der Waals surface area contributed by atoms with Gasteiger partial charge in [0, 0.05) is 12.1 Å². The van der Waals surface area contributed by atoms with Gasteiger partial charge in [-0.3, -0.25) is 9.10 Å². The van der Waals surface area contributed by atoms with E-state index in [1.807, 2.05) is 27.7 Å². The first-order chi connectivity index (χ1) is 12.5. The van der Waals surface area contributed by atoms with Gasteiger partial charge in [-0.15, -0.1) is 0 Å². The predicted octanol–water partition coefficient (Wildman–Crippen LogP) is 2.41. The molecular formula is C19H30N2O5S. The minimum Gasteiger partial charge on any atom is -0.486 e. The van der Waals surface area contributed by atoms with Gasteiger partial charge >= 0.3 is 0 Å². The van der Waals surface area contributed by atoms with Crippen LogP contribution in [0.1, 0.15) is 34.6 Å². The number of fused-ring (bicyclic) bond motifs is 1. The van der Waals surface area contributed by atoms with Crippen molar-refractivity contribution in [2.75, 3.05) is 23.8 Å². The summed E-state index contributed by atoms with van der Waals surface area (Å²) in [6.07, 6.45) is 1.09. The van der Waals surface area contributed by atoms with Crippen molar-refractivity contribution in [3.63, 3.8) is 0 Å². The highest BCUT2D eigenvalue weighted by Crippen LogP contribution is 2.35. The smallest absolute Gasteiger partial charge is 0.243 e. The standard InChI is InChI=1S/C19H30N2O5S/c1-12(2)18(13(3)4)20-19(22)14(5)21(27(6,23)24)15-7-8-16-17(11-15)26-10-9-25-16/h7-8,11-14,18H,9-10H2,1-6H3,(H,20,22)/t14-/m0/s1. The lowest BCUT2D eigenvalue weighted by molar-refractivity contribution is -0.123. The molecule has 8 heteroatoms. The maximum Gasteiger partial charge on any atom is 0.243 e. The highest BCUT2D eigenvalue weighted by Gasteiger charge is 2.32. The highest BCUT2D eigenvalue weighted by molar-refractivity contribution is 7.92. The summed E-state index contributed by atoms with van der Waals surface area (Å²) < 4.78 is 37.1. The average Bonchev–Trinajstić information content (AvgIpc) is 2.57. The fraction of sp³-hybridized carbons (Fsp3) is 0.632. The third kappa shape index (κ3) is 5.06. The van der Waals surface area contributed by atoms with Crippen LogP contribution in [0, 0.1) is 11.8 Å². The van der Waals surface area contributed by atoms with Crippen LogP contribution >= 0.6 is 0 Å². The Morgan fingerprint density at radius 1 is 1.04 bits per heavy atom. The molecule has 1 aromatic rings. The Hall–Kier alpha value is -1.96. The fourth-order valence-corrected chi connectivity index (χ4v) is 4.53.